The Bertz CT molecular complexity index is 537. The fraction of sp³-hybridized carbons (Fsp3) is 0.154. The Balaban J connectivity index is 2.49. The normalized spacial score (nSPS) is 10.2. The van der Waals surface area contributed by atoms with Gasteiger partial charge in [-0.3, -0.25) is 0 Å². The molecule has 0 radical (unpaired) electrons. The predicted octanol–water partition coefficient (Wildman–Crippen LogP) is 2.96. The second-order valence-corrected chi connectivity index (χ2v) is 3.66. The third-order valence-electron chi connectivity index (χ3n) is 2.54. The van der Waals surface area contributed by atoms with Crippen molar-refractivity contribution in [2.24, 2.45) is 0 Å². The third kappa shape index (κ3) is 2.01. The topological polar surface area (TPSA) is 59.7 Å². The van der Waals surface area contributed by atoms with E-state index in [0.717, 1.165) is 5.56 Å². The molecule has 0 bridgehead atoms. The van der Waals surface area contributed by atoms with Gasteiger partial charge in [-0.2, -0.15) is 0 Å². The SMILES string of the molecule is COc1ccc(-c2occ(C)c2C(=O)O)cc1. The number of aryl methyl sites for hydroxylation is 1. The first-order chi connectivity index (χ1) is 8.13. The van der Waals surface area contributed by atoms with Crippen LogP contribution in [0.25, 0.3) is 11.3 Å². The van der Waals surface area contributed by atoms with Gasteiger partial charge in [-0.25, -0.2) is 4.79 Å². The highest BCUT2D eigenvalue weighted by molar-refractivity contribution is 5.96. The van der Waals surface area contributed by atoms with E-state index >= 15 is 0 Å². The van der Waals surface area contributed by atoms with Crippen LogP contribution in [-0.4, -0.2) is 18.2 Å². The second kappa shape index (κ2) is 4.33. The van der Waals surface area contributed by atoms with Crippen molar-refractivity contribution in [3.63, 3.8) is 0 Å². The fourth-order valence-electron chi connectivity index (χ4n) is 1.66. The molecule has 2 aromatic rings. The summed E-state index contributed by atoms with van der Waals surface area (Å²) in [6, 6.07) is 7.06. The van der Waals surface area contributed by atoms with Crippen molar-refractivity contribution >= 4 is 5.97 Å². The van der Waals surface area contributed by atoms with E-state index < -0.39 is 5.97 Å². The average molecular weight is 232 g/mol. The van der Waals surface area contributed by atoms with Gasteiger partial charge in [-0.05, 0) is 31.2 Å². The molecular formula is C13H12O4. The first-order valence-electron chi connectivity index (χ1n) is 5.09. The van der Waals surface area contributed by atoms with E-state index in [1.54, 1.807) is 38.3 Å². The highest BCUT2D eigenvalue weighted by Crippen LogP contribution is 2.29. The highest BCUT2D eigenvalue weighted by Gasteiger charge is 2.18. The molecule has 0 saturated carbocycles. The zero-order chi connectivity index (χ0) is 12.4. The third-order valence-corrected chi connectivity index (χ3v) is 2.54. The van der Waals surface area contributed by atoms with Crippen molar-refractivity contribution in [1.29, 1.82) is 0 Å². The van der Waals surface area contributed by atoms with Crippen molar-refractivity contribution < 1.29 is 19.1 Å². The predicted molar refractivity (Wildman–Crippen MR) is 62.4 cm³/mol. The summed E-state index contributed by atoms with van der Waals surface area (Å²) in [4.78, 5) is 11.1. The number of rotatable bonds is 3. The van der Waals surface area contributed by atoms with E-state index in [1.165, 1.54) is 6.26 Å². The number of carboxylic acids is 1. The molecular weight excluding hydrogens is 220 g/mol. The molecule has 0 unspecified atom stereocenters. The number of carboxylic acid groups (broad SMARTS) is 1. The van der Waals surface area contributed by atoms with E-state index in [1.807, 2.05) is 0 Å². The molecule has 0 aliphatic heterocycles. The average Bonchev–Trinajstić information content (AvgIpc) is 2.71. The largest absolute Gasteiger partial charge is 0.497 e. The van der Waals surface area contributed by atoms with Crippen LogP contribution in [0.3, 0.4) is 0 Å². The van der Waals surface area contributed by atoms with Crippen molar-refractivity contribution in [3.05, 3.63) is 41.7 Å². The van der Waals surface area contributed by atoms with Gasteiger partial charge >= 0.3 is 5.97 Å². The molecule has 1 aromatic carbocycles. The van der Waals surface area contributed by atoms with Crippen molar-refractivity contribution in [3.8, 4) is 17.1 Å². The minimum absolute atomic E-state index is 0.204. The second-order valence-electron chi connectivity index (χ2n) is 3.66. The quantitative estimate of drug-likeness (QED) is 0.883. The Labute approximate surface area is 98.4 Å². The van der Waals surface area contributed by atoms with Gasteiger partial charge in [-0.1, -0.05) is 0 Å². The minimum atomic E-state index is -0.984. The lowest BCUT2D eigenvalue weighted by Crippen LogP contribution is -1.98. The molecule has 4 nitrogen and oxygen atoms in total. The van der Waals surface area contributed by atoms with Gasteiger partial charge in [0.2, 0.25) is 0 Å². The summed E-state index contributed by atoms with van der Waals surface area (Å²) in [5.74, 6) is 0.105. The van der Waals surface area contributed by atoms with Crippen LogP contribution in [0.15, 0.2) is 34.9 Å². The monoisotopic (exact) mass is 232 g/mol. The first kappa shape index (κ1) is 11.3. The molecule has 1 N–H and O–H groups in total. The van der Waals surface area contributed by atoms with Crippen LogP contribution in [-0.2, 0) is 0 Å². The number of methoxy groups -OCH3 is 1. The molecule has 0 atom stereocenters. The lowest BCUT2D eigenvalue weighted by Gasteiger charge is -2.02. The van der Waals surface area contributed by atoms with Crippen LogP contribution < -0.4 is 4.74 Å². The number of furan rings is 1. The van der Waals surface area contributed by atoms with Crippen molar-refractivity contribution in [2.45, 2.75) is 6.92 Å². The van der Waals surface area contributed by atoms with E-state index in [2.05, 4.69) is 0 Å². The standard InChI is InChI=1S/C13H12O4/c1-8-7-17-12(11(8)13(14)15)9-3-5-10(16-2)6-4-9/h3-7H,1-2H3,(H,14,15). The minimum Gasteiger partial charge on any atom is -0.497 e. The molecule has 0 amide bonds. The molecule has 2 rings (SSSR count). The molecule has 88 valence electrons. The van der Waals surface area contributed by atoms with Gasteiger partial charge in [0.25, 0.3) is 0 Å². The summed E-state index contributed by atoms with van der Waals surface area (Å²) in [5, 5.41) is 9.11. The number of benzene rings is 1. The fourth-order valence-corrected chi connectivity index (χ4v) is 1.66. The lowest BCUT2D eigenvalue weighted by molar-refractivity contribution is 0.0696. The summed E-state index contributed by atoms with van der Waals surface area (Å²) in [7, 11) is 1.58. The number of aromatic carboxylic acids is 1. The van der Waals surface area contributed by atoms with Crippen LogP contribution in [0, 0.1) is 6.92 Å². The first-order valence-corrected chi connectivity index (χ1v) is 5.09. The van der Waals surface area contributed by atoms with Crippen molar-refractivity contribution in [2.75, 3.05) is 7.11 Å². The summed E-state index contributed by atoms with van der Waals surface area (Å²) in [6.45, 7) is 1.71. The van der Waals surface area contributed by atoms with E-state index in [4.69, 9.17) is 14.3 Å². The molecule has 17 heavy (non-hydrogen) atoms. The van der Waals surface area contributed by atoms with Gasteiger partial charge in [0.15, 0.2) is 0 Å². The molecule has 4 heteroatoms. The Kier molecular flexibility index (Phi) is 2.87. The van der Waals surface area contributed by atoms with E-state index in [0.29, 0.717) is 17.1 Å². The number of hydrogen-bond acceptors (Lipinski definition) is 3. The van der Waals surface area contributed by atoms with Crippen LogP contribution in [0.1, 0.15) is 15.9 Å². The highest BCUT2D eigenvalue weighted by atomic mass is 16.5. The van der Waals surface area contributed by atoms with Crippen LogP contribution in [0.5, 0.6) is 5.75 Å². The maximum absolute atomic E-state index is 11.1. The van der Waals surface area contributed by atoms with Gasteiger partial charge in [0.1, 0.15) is 17.1 Å². The van der Waals surface area contributed by atoms with E-state index in [-0.39, 0.29) is 5.56 Å². The molecule has 0 saturated heterocycles. The molecule has 0 aliphatic carbocycles. The molecule has 0 aliphatic rings. The summed E-state index contributed by atoms with van der Waals surface area (Å²) in [5.41, 5.74) is 1.54. The molecule has 0 spiro atoms. The lowest BCUT2D eigenvalue weighted by atomic mass is 10.1. The van der Waals surface area contributed by atoms with Crippen LogP contribution >= 0.6 is 0 Å². The smallest absolute Gasteiger partial charge is 0.339 e. The molecule has 0 fully saturated rings. The van der Waals surface area contributed by atoms with Crippen molar-refractivity contribution in [1.82, 2.24) is 0 Å². The van der Waals surface area contributed by atoms with Gasteiger partial charge in [-0.15, -0.1) is 0 Å². The summed E-state index contributed by atoms with van der Waals surface area (Å²) < 4.78 is 10.3. The Morgan fingerprint density at radius 2 is 1.94 bits per heavy atom. The van der Waals surface area contributed by atoms with Gasteiger partial charge in [0, 0.05) is 11.1 Å². The number of hydrogen-bond donors (Lipinski definition) is 1. The van der Waals surface area contributed by atoms with Gasteiger partial charge in [0.05, 0.1) is 13.4 Å². The van der Waals surface area contributed by atoms with Crippen LogP contribution in [0.4, 0.5) is 0 Å². The van der Waals surface area contributed by atoms with Gasteiger partial charge < -0.3 is 14.3 Å². The maximum Gasteiger partial charge on any atom is 0.339 e. The summed E-state index contributed by atoms with van der Waals surface area (Å²) in [6.07, 6.45) is 1.45. The zero-order valence-corrected chi connectivity index (χ0v) is 9.56. The van der Waals surface area contributed by atoms with E-state index in [9.17, 15) is 4.79 Å². The summed E-state index contributed by atoms with van der Waals surface area (Å²) >= 11 is 0. The number of ether oxygens (including phenoxy) is 1. The Morgan fingerprint density at radius 3 is 2.47 bits per heavy atom. The van der Waals surface area contributed by atoms with Crippen LogP contribution in [0.2, 0.25) is 0 Å². The molecule has 1 aromatic heterocycles. The zero-order valence-electron chi connectivity index (χ0n) is 9.56. The Hall–Kier alpha value is -2.23. The molecule has 1 heterocycles. The number of carbonyl (C=O) groups is 1. The Morgan fingerprint density at radius 1 is 1.29 bits per heavy atom. The maximum atomic E-state index is 11.1.